The van der Waals surface area contributed by atoms with Crippen molar-refractivity contribution >= 4 is 17.5 Å². The lowest BCUT2D eigenvalue weighted by molar-refractivity contribution is -0.145. The summed E-state index contributed by atoms with van der Waals surface area (Å²) >= 11 is 0. The van der Waals surface area contributed by atoms with Crippen LogP contribution in [0.4, 0.5) is 5.69 Å². The van der Waals surface area contributed by atoms with Crippen molar-refractivity contribution in [2.45, 2.75) is 6.10 Å². The van der Waals surface area contributed by atoms with Crippen LogP contribution in [0.1, 0.15) is 0 Å². The molecule has 0 spiro atoms. The summed E-state index contributed by atoms with van der Waals surface area (Å²) in [4.78, 5) is 25.3. The van der Waals surface area contributed by atoms with Crippen molar-refractivity contribution in [1.29, 1.82) is 0 Å². The summed E-state index contributed by atoms with van der Waals surface area (Å²) in [6.45, 7) is 1.76. The van der Waals surface area contributed by atoms with Gasteiger partial charge in [-0.1, -0.05) is 18.2 Å². The number of likely N-dealkylation sites (N-methyl/N-ethyl adjacent to an activating group) is 1. The Kier molecular flexibility index (Phi) is 5.09. The zero-order valence-electron chi connectivity index (χ0n) is 11.5. The summed E-state index contributed by atoms with van der Waals surface area (Å²) in [7, 11) is 1.60. The number of amides is 2. The molecular weight excluding hydrogens is 258 g/mol. The van der Waals surface area contributed by atoms with Crippen LogP contribution >= 0.6 is 0 Å². The molecule has 0 aliphatic carbocycles. The van der Waals surface area contributed by atoms with Crippen LogP contribution < -0.4 is 10.6 Å². The molecule has 0 saturated carbocycles. The van der Waals surface area contributed by atoms with Gasteiger partial charge < -0.3 is 20.3 Å². The highest BCUT2D eigenvalue weighted by molar-refractivity contribution is 5.95. The topological polar surface area (TPSA) is 70.7 Å². The molecule has 0 radical (unpaired) electrons. The van der Waals surface area contributed by atoms with Crippen LogP contribution in [-0.2, 0) is 14.3 Å². The fraction of sp³-hybridized carbons (Fsp3) is 0.429. The van der Waals surface area contributed by atoms with Gasteiger partial charge in [-0.2, -0.15) is 0 Å². The van der Waals surface area contributed by atoms with E-state index in [1.165, 1.54) is 4.90 Å². The summed E-state index contributed by atoms with van der Waals surface area (Å²) in [5.74, 6) is -0.406. The Morgan fingerprint density at radius 1 is 1.40 bits per heavy atom. The normalized spacial score (nSPS) is 18.4. The Balaban J connectivity index is 1.82. The Hall–Kier alpha value is -1.92. The average molecular weight is 277 g/mol. The first-order chi connectivity index (χ1) is 9.66. The highest BCUT2D eigenvalue weighted by Gasteiger charge is 2.25. The van der Waals surface area contributed by atoms with Crippen LogP contribution in [0.5, 0.6) is 0 Å². The lowest BCUT2D eigenvalue weighted by atomic mass is 10.2. The second-order valence-corrected chi connectivity index (χ2v) is 4.67. The van der Waals surface area contributed by atoms with Crippen LogP contribution in [-0.4, -0.2) is 56.1 Å². The third-order valence-electron chi connectivity index (χ3n) is 3.02. The number of rotatable bonds is 4. The quantitative estimate of drug-likeness (QED) is 0.817. The van der Waals surface area contributed by atoms with E-state index >= 15 is 0 Å². The van der Waals surface area contributed by atoms with E-state index < -0.39 is 6.10 Å². The SMILES string of the molecule is CN(CC(=O)Nc1ccccc1)C(=O)C1CNCCO1. The lowest BCUT2D eigenvalue weighted by Crippen LogP contribution is -2.49. The number of carbonyl (C=O) groups excluding carboxylic acids is 2. The zero-order chi connectivity index (χ0) is 14.4. The van der Waals surface area contributed by atoms with Crippen molar-refractivity contribution in [3.05, 3.63) is 30.3 Å². The van der Waals surface area contributed by atoms with E-state index in [0.29, 0.717) is 18.8 Å². The number of anilines is 1. The second kappa shape index (κ2) is 7.02. The number of benzene rings is 1. The molecule has 2 rings (SSSR count). The van der Waals surface area contributed by atoms with Crippen LogP contribution in [0.25, 0.3) is 0 Å². The van der Waals surface area contributed by atoms with E-state index in [-0.39, 0.29) is 18.4 Å². The van der Waals surface area contributed by atoms with Gasteiger partial charge in [-0.3, -0.25) is 9.59 Å². The zero-order valence-corrected chi connectivity index (χ0v) is 11.5. The molecule has 6 heteroatoms. The van der Waals surface area contributed by atoms with Crippen molar-refractivity contribution in [2.24, 2.45) is 0 Å². The molecule has 1 aromatic rings. The minimum absolute atomic E-state index is 0.00753. The molecule has 1 aliphatic rings. The molecule has 1 aliphatic heterocycles. The minimum Gasteiger partial charge on any atom is -0.366 e. The number of hydrogen-bond acceptors (Lipinski definition) is 4. The first kappa shape index (κ1) is 14.5. The molecule has 0 aromatic heterocycles. The van der Waals surface area contributed by atoms with Gasteiger partial charge in [-0.25, -0.2) is 0 Å². The Labute approximate surface area is 118 Å². The predicted molar refractivity (Wildman–Crippen MR) is 75.3 cm³/mol. The van der Waals surface area contributed by atoms with Crippen LogP contribution in [0, 0.1) is 0 Å². The van der Waals surface area contributed by atoms with Crippen LogP contribution in [0.15, 0.2) is 30.3 Å². The number of nitrogens with one attached hydrogen (secondary N) is 2. The van der Waals surface area contributed by atoms with Gasteiger partial charge >= 0.3 is 0 Å². The van der Waals surface area contributed by atoms with E-state index in [1.807, 2.05) is 18.2 Å². The second-order valence-electron chi connectivity index (χ2n) is 4.67. The van der Waals surface area contributed by atoms with E-state index in [4.69, 9.17) is 4.74 Å². The average Bonchev–Trinajstić information content (AvgIpc) is 2.48. The van der Waals surface area contributed by atoms with E-state index in [1.54, 1.807) is 19.2 Å². The van der Waals surface area contributed by atoms with Gasteiger partial charge in [0.15, 0.2) is 0 Å². The number of hydrogen-bond donors (Lipinski definition) is 2. The summed E-state index contributed by atoms with van der Waals surface area (Å²) in [6.07, 6.45) is -0.502. The third kappa shape index (κ3) is 4.04. The molecule has 0 bridgehead atoms. The number of nitrogens with zero attached hydrogens (tertiary/aromatic N) is 1. The highest BCUT2D eigenvalue weighted by Crippen LogP contribution is 2.05. The molecule has 1 heterocycles. The number of para-hydroxylation sites is 1. The number of ether oxygens (including phenoxy) is 1. The van der Waals surface area contributed by atoms with Crippen molar-refractivity contribution in [2.75, 3.05) is 38.6 Å². The van der Waals surface area contributed by atoms with E-state index in [2.05, 4.69) is 10.6 Å². The van der Waals surface area contributed by atoms with E-state index in [9.17, 15) is 9.59 Å². The van der Waals surface area contributed by atoms with Gasteiger partial charge in [-0.05, 0) is 12.1 Å². The largest absolute Gasteiger partial charge is 0.366 e. The first-order valence-corrected chi connectivity index (χ1v) is 6.59. The maximum absolute atomic E-state index is 12.1. The standard InChI is InChI=1S/C14H19N3O3/c1-17(14(19)12-9-15-7-8-20-12)10-13(18)16-11-5-3-2-4-6-11/h2-6,12,15H,7-10H2,1H3,(H,16,18). The molecule has 2 N–H and O–H groups in total. The van der Waals surface area contributed by atoms with Gasteiger partial charge in [0, 0.05) is 25.8 Å². The highest BCUT2D eigenvalue weighted by atomic mass is 16.5. The van der Waals surface area contributed by atoms with Gasteiger partial charge in [0.2, 0.25) is 5.91 Å². The third-order valence-corrected chi connectivity index (χ3v) is 3.02. The predicted octanol–water partition coefficient (Wildman–Crippen LogP) is 0.0719. The van der Waals surface area contributed by atoms with Crippen molar-refractivity contribution in [3.63, 3.8) is 0 Å². The molecular formula is C14H19N3O3. The Bertz CT molecular complexity index is 458. The Morgan fingerprint density at radius 3 is 2.80 bits per heavy atom. The molecule has 1 unspecified atom stereocenters. The number of morpholine rings is 1. The molecule has 1 fully saturated rings. The van der Waals surface area contributed by atoms with Crippen molar-refractivity contribution in [1.82, 2.24) is 10.2 Å². The molecule has 2 amide bonds. The number of carbonyl (C=O) groups is 2. The lowest BCUT2D eigenvalue weighted by Gasteiger charge is -2.26. The smallest absolute Gasteiger partial charge is 0.253 e. The maximum Gasteiger partial charge on any atom is 0.253 e. The first-order valence-electron chi connectivity index (χ1n) is 6.59. The fourth-order valence-corrected chi connectivity index (χ4v) is 1.99. The fourth-order valence-electron chi connectivity index (χ4n) is 1.99. The summed E-state index contributed by atoms with van der Waals surface area (Å²) < 4.78 is 5.38. The van der Waals surface area contributed by atoms with Crippen LogP contribution in [0.3, 0.4) is 0 Å². The van der Waals surface area contributed by atoms with E-state index in [0.717, 1.165) is 6.54 Å². The monoisotopic (exact) mass is 277 g/mol. The van der Waals surface area contributed by atoms with Gasteiger partial charge in [-0.15, -0.1) is 0 Å². The molecule has 1 saturated heterocycles. The van der Waals surface area contributed by atoms with Crippen molar-refractivity contribution < 1.29 is 14.3 Å². The molecule has 1 atom stereocenters. The van der Waals surface area contributed by atoms with Crippen LogP contribution in [0.2, 0.25) is 0 Å². The van der Waals surface area contributed by atoms with Gasteiger partial charge in [0.05, 0.1) is 13.2 Å². The van der Waals surface area contributed by atoms with Gasteiger partial charge in [0.25, 0.3) is 5.91 Å². The molecule has 6 nitrogen and oxygen atoms in total. The summed E-state index contributed by atoms with van der Waals surface area (Å²) in [6, 6.07) is 9.15. The van der Waals surface area contributed by atoms with Gasteiger partial charge in [0.1, 0.15) is 6.10 Å². The molecule has 108 valence electrons. The summed E-state index contributed by atoms with van der Waals surface area (Å²) in [5, 5.41) is 5.83. The van der Waals surface area contributed by atoms with Crippen molar-refractivity contribution in [3.8, 4) is 0 Å². The Morgan fingerprint density at radius 2 is 2.15 bits per heavy atom. The minimum atomic E-state index is -0.502. The maximum atomic E-state index is 12.1. The molecule has 20 heavy (non-hydrogen) atoms. The molecule has 1 aromatic carbocycles. The summed E-state index contributed by atoms with van der Waals surface area (Å²) in [5.41, 5.74) is 0.717.